The fourth-order valence-corrected chi connectivity index (χ4v) is 10.6. The SMILES string of the molecule is CC1(C)OB(c2cccc(N(c3ccccc3)c3ccccc3)c2)OC1(C)C.c1ccc(N(c2ccccc2)c2cccc(-c3ccc4cc5cc(-c6cccc(N(c7ccccc7)c7ccccc7)c6)ccc5cc4c3)c2)cc1. The maximum atomic E-state index is 6.26. The predicted octanol–water partition coefficient (Wildman–Crippen LogP) is 19.7. The van der Waals surface area contributed by atoms with Crippen molar-refractivity contribution in [3.8, 4) is 22.3 Å². The molecule has 0 amide bonds. The highest BCUT2D eigenvalue weighted by atomic mass is 16.7. The van der Waals surface area contributed by atoms with Crippen molar-refractivity contribution in [2.45, 2.75) is 38.9 Å². The first-order valence-electron chi connectivity index (χ1n) is 27.5. The van der Waals surface area contributed by atoms with E-state index in [0.29, 0.717) is 0 Å². The summed E-state index contributed by atoms with van der Waals surface area (Å²) in [6.07, 6.45) is 0. The Hall–Kier alpha value is -9.46. The molecule has 0 atom stereocenters. The van der Waals surface area contributed by atoms with Crippen molar-refractivity contribution in [2.24, 2.45) is 0 Å². The van der Waals surface area contributed by atoms with Crippen LogP contribution in [0.4, 0.5) is 51.2 Å². The maximum absolute atomic E-state index is 6.26. The third kappa shape index (κ3) is 10.9. The highest BCUT2D eigenvalue weighted by Gasteiger charge is 2.51. The Morgan fingerprint density at radius 1 is 0.237 bits per heavy atom. The number of para-hydroxylation sites is 6. The smallest absolute Gasteiger partial charge is 0.399 e. The van der Waals surface area contributed by atoms with Crippen molar-refractivity contribution in [1.29, 1.82) is 0 Å². The second kappa shape index (κ2) is 22.5. The average Bonchev–Trinajstić information content (AvgIpc) is 3.81. The summed E-state index contributed by atoms with van der Waals surface area (Å²) < 4.78 is 12.5. The molecule has 12 aromatic rings. The van der Waals surface area contributed by atoms with Gasteiger partial charge in [0.25, 0.3) is 0 Å². The maximum Gasteiger partial charge on any atom is 0.494 e. The highest BCUT2D eigenvalue weighted by Crippen LogP contribution is 2.41. The van der Waals surface area contributed by atoms with Gasteiger partial charge in [0.1, 0.15) is 0 Å². The summed E-state index contributed by atoms with van der Waals surface area (Å²) in [6.45, 7) is 8.32. The van der Waals surface area contributed by atoms with Gasteiger partial charge in [-0.2, -0.15) is 0 Å². The van der Waals surface area contributed by atoms with Gasteiger partial charge in [-0.15, -0.1) is 0 Å². The Bertz CT molecular complexity index is 3710. The quantitative estimate of drug-likeness (QED) is 0.0898. The van der Waals surface area contributed by atoms with Crippen LogP contribution in [0.1, 0.15) is 27.7 Å². The van der Waals surface area contributed by atoms with Gasteiger partial charge in [0.2, 0.25) is 0 Å². The monoisotopic (exact) mass is 1040 g/mol. The molecule has 0 aromatic heterocycles. The van der Waals surface area contributed by atoms with Crippen LogP contribution in [0, 0.1) is 0 Å². The number of rotatable bonds is 12. The number of anilines is 9. The number of benzene rings is 12. The van der Waals surface area contributed by atoms with Gasteiger partial charge in [0, 0.05) is 51.2 Å². The van der Waals surface area contributed by atoms with Gasteiger partial charge < -0.3 is 24.0 Å². The van der Waals surface area contributed by atoms with Crippen molar-refractivity contribution >= 4 is 85.3 Å². The molecule has 80 heavy (non-hydrogen) atoms. The van der Waals surface area contributed by atoms with Crippen LogP contribution >= 0.6 is 0 Å². The summed E-state index contributed by atoms with van der Waals surface area (Å²) >= 11 is 0. The lowest BCUT2D eigenvalue weighted by Gasteiger charge is -2.32. The van der Waals surface area contributed by atoms with E-state index in [0.717, 1.165) is 56.6 Å². The minimum Gasteiger partial charge on any atom is -0.399 e. The summed E-state index contributed by atoms with van der Waals surface area (Å²) in [5.41, 5.74) is 15.2. The molecule has 0 radical (unpaired) electrons. The largest absolute Gasteiger partial charge is 0.494 e. The topological polar surface area (TPSA) is 28.2 Å². The van der Waals surface area contributed by atoms with E-state index in [1.807, 2.05) is 12.1 Å². The molecule has 6 heteroatoms. The second-order valence-electron chi connectivity index (χ2n) is 21.3. The van der Waals surface area contributed by atoms with Crippen LogP contribution < -0.4 is 20.2 Å². The minimum atomic E-state index is -0.377. The lowest BCUT2D eigenvalue weighted by atomic mass is 9.79. The summed E-state index contributed by atoms with van der Waals surface area (Å²) in [7, 11) is -0.377. The third-order valence-corrected chi connectivity index (χ3v) is 15.4. The van der Waals surface area contributed by atoms with E-state index >= 15 is 0 Å². The molecule has 1 aliphatic heterocycles. The lowest BCUT2D eigenvalue weighted by molar-refractivity contribution is 0.00578. The first-order valence-corrected chi connectivity index (χ1v) is 27.5. The average molecular weight is 1040 g/mol. The fraction of sp³-hybridized carbons (Fsp3) is 0.0811. The van der Waals surface area contributed by atoms with Gasteiger partial charge in [-0.1, -0.05) is 170 Å². The van der Waals surface area contributed by atoms with E-state index in [4.69, 9.17) is 9.31 Å². The van der Waals surface area contributed by atoms with E-state index < -0.39 is 0 Å². The highest BCUT2D eigenvalue weighted by molar-refractivity contribution is 6.62. The van der Waals surface area contributed by atoms with Crippen molar-refractivity contribution in [2.75, 3.05) is 14.7 Å². The Balaban J connectivity index is 0.000000192. The summed E-state index contributed by atoms with van der Waals surface area (Å²) in [4.78, 5) is 6.87. The first kappa shape index (κ1) is 51.3. The Kier molecular flexibility index (Phi) is 14.4. The second-order valence-corrected chi connectivity index (χ2v) is 21.3. The molecule has 12 aromatic carbocycles. The molecule has 0 unspecified atom stereocenters. The molecule has 1 aliphatic rings. The number of hydrogen-bond donors (Lipinski definition) is 0. The normalized spacial score (nSPS) is 13.3. The zero-order chi connectivity index (χ0) is 54.5. The van der Waals surface area contributed by atoms with Gasteiger partial charge in [-0.3, -0.25) is 0 Å². The molecule has 0 aliphatic carbocycles. The van der Waals surface area contributed by atoms with Crippen LogP contribution in [-0.2, 0) is 9.31 Å². The first-order chi connectivity index (χ1) is 39.1. The zero-order valence-electron chi connectivity index (χ0n) is 45.6. The molecule has 0 N–H and O–H groups in total. The van der Waals surface area contributed by atoms with E-state index in [9.17, 15) is 0 Å². The summed E-state index contributed by atoms with van der Waals surface area (Å²) in [5.74, 6) is 0. The van der Waals surface area contributed by atoms with Crippen LogP contribution in [0.5, 0.6) is 0 Å². The predicted molar refractivity (Wildman–Crippen MR) is 339 cm³/mol. The van der Waals surface area contributed by atoms with Gasteiger partial charge >= 0.3 is 7.12 Å². The van der Waals surface area contributed by atoms with Crippen molar-refractivity contribution < 1.29 is 9.31 Å². The molecule has 0 bridgehead atoms. The van der Waals surface area contributed by atoms with Gasteiger partial charge in [-0.25, -0.2) is 0 Å². The van der Waals surface area contributed by atoms with E-state index in [-0.39, 0.29) is 18.3 Å². The van der Waals surface area contributed by atoms with Crippen LogP contribution in [0.2, 0.25) is 0 Å². The lowest BCUT2D eigenvalue weighted by Crippen LogP contribution is -2.41. The Morgan fingerprint density at radius 3 is 0.838 bits per heavy atom. The number of nitrogens with zero attached hydrogens (tertiary/aromatic N) is 3. The van der Waals surface area contributed by atoms with Crippen LogP contribution in [0.3, 0.4) is 0 Å². The van der Waals surface area contributed by atoms with Crippen molar-refractivity contribution in [1.82, 2.24) is 0 Å². The Labute approximate surface area is 471 Å². The standard InChI is InChI=1S/C50H36N2.C24H26BNO2/c1-5-17-45(18-6-1)51(46-19-7-2-8-20-46)49-25-13-15-37(35-49)39-27-29-41-34-44-32-40(28-30-42(44)33-43(41)31-39)38-16-14-26-50(36-38)52(47-21-9-3-10-22-47)48-23-11-4-12-24-48;1-23(2)24(3,4)28-25(27-23)19-12-11-17-22(18-19)26(20-13-7-5-8-14-20)21-15-9-6-10-16-21/h1-36H;5-18H,1-4H3. The molecular formula is C74H62BN3O2. The molecule has 1 fully saturated rings. The fourth-order valence-electron chi connectivity index (χ4n) is 10.6. The van der Waals surface area contributed by atoms with Gasteiger partial charge in [-0.05, 0) is 210 Å². The molecule has 0 spiro atoms. The van der Waals surface area contributed by atoms with E-state index in [2.05, 4.69) is 334 Å². The van der Waals surface area contributed by atoms with Crippen molar-refractivity contribution in [3.63, 3.8) is 0 Å². The molecule has 0 saturated carbocycles. The minimum absolute atomic E-state index is 0.355. The molecule has 388 valence electrons. The number of hydrogen-bond acceptors (Lipinski definition) is 5. The Morgan fingerprint density at radius 2 is 0.512 bits per heavy atom. The van der Waals surface area contributed by atoms with Crippen LogP contribution in [-0.4, -0.2) is 18.3 Å². The molecular weight excluding hydrogens is 974 g/mol. The summed E-state index contributed by atoms with van der Waals surface area (Å²) in [5, 5.41) is 4.92. The third-order valence-electron chi connectivity index (χ3n) is 15.4. The van der Waals surface area contributed by atoms with Gasteiger partial charge in [0.05, 0.1) is 11.2 Å². The molecule has 13 rings (SSSR count). The van der Waals surface area contributed by atoms with E-state index in [1.54, 1.807) is 0 Å². The molecule has 1 heterocycles. The summed E-state index contributed by atoms with van der Waals surface area (Å²) in [6, 6.07) is 107. The van der Waals surface area contributed by atoms with Crippen LogP contribution in [0.15, 0.2) is 303 Å². The zero-order valence-corrected chi connectivity index (χ0v) is 45.6. The van der Waals surface area contributed by atoms with Gasteiger partial charge in [0.15, 0.2) is 0 Å². The molecule has 1 saturated heterocycles. The van der Waals surface area contributed by atoms with Crippen LogP contribution in [0.25, 0.3) is 43.8 Å². The van der Waals surface area contributed by atoms with E-state index in [1.165, 1.54) is 43.8 Å². The molecule has 5 nitrogen and oxygen atoms in total. The van der Waals surface area contributed by atoms with Crippen molar-refractivity contribution in [3.05, 3.63) is 303 Å². The number of fused-ring (bicyclic) bond motifs is 2.